The van der Waals surface area contributed by atoms with Crippen LogP contribution < -0.4 is 3.53 Å². The van der Waals surface area contributed by atoms with Crippen LogP contribution in [0.4, 0.5) is 10.9 Å². The Hall–Kier alpha value is -1.48. The van der Waals surface area contributed by atoms with Crippen molar-refractivity contribution in [2.75, 3.05) is 3.53 Å². The summed E-state index contributed by atoms with van der Waals surface area (Å²) < 4.78 is 2.87. The molecule has 90 valence electrons. The van der Waals surface area contributed by atoms with E-state index >= 15 is 0 Å². The van der Waals surface area contributed by atoms with Crippen molar-refractivity contribution in [3.8, 4) is 5.88 Å². The molecular weight excluding hydrogens is 363 g/mol. The maximum absolute atomic E-state index is 9.72. The van der Waals surface area contributed by atoms with Crippen LogP contribution >= 0.6 is 34.2 Å². The monoisotopic (exact) mass is 370 g/mol. The lowest BCUT2D eigenvalue weighted by atomic mass is 10.1. The number of allylic oxidation sites excluding steroid dienone is 1. The second-order valence-corrected chi connectivity index (χ2v) is 5.10. The van der Waals surface area contributed by atoms with Crippen molar-refractivity contribution in [2.24, 2.45) is 4.99 Å². The summed E-state index contributed by atoms with van der Waals surface area (Å²) in [6.07, 6.45) is 5.32. The Morgan fingerprint density at radius 2 is 2.33 bits per heavy atom. The molecule has 0 aliphatic carbocycles. The number of hydrogen-bond donors (Lipinski definition) is 2. The molecule has 2 aromatic rings. The predicted octanol–water partition coefficient (Wildman–Crippen LogP) is 3.26. The molecule has 0 radical (unpaired) electrons. The molecule has 0 aromatic carbocycles. The maximum Gasteiger partial charge on any atom is 0.231 e. The molecule has 3 rings (SSSR count). The minimum absolute atomic E-state index is 0.0254. The molecule has 0 saturated carbocycles. The number of rotatable bonds is 2. The van der Waals surface area contributed by atoms with Crippen LogP contribution in [0, 0.1) is 0 Å². The van der Waals surface area contributed by atoms with Gasteiger partial charge in [0, 0.05) is 23.5 Å². The summed E-state index contributed by atoms with van der Waals surface area (Å²) in [4.78, 5) is 13.1. The van der Waals surface area contributed by atoms with Crippen LogP contribution in [0.25, 0.3) is 11.6 Å². The van der Waals surface area contributed by atoms with Crippen molar-refractivity contribution < 1.29 is 5.11 Å². The van der Waals surface area contributed by atoms with Crippen LogP contribution in [0.3, 0.4) is 0 Å². The summed E-state index contributed by atoms with van der Waals surface area (Å²) in [5.41, 5.74) is 1.89. The first kappa shape index (κ1) is 11.6. The van der Waals surface area contributed by atoms with E-state index in [9.17, 15) is 5.11 Å². The summed E-state index contributed by atoms with van der Waals surface area (Å²) in [5, 5.41) is 10.4. The molecule has 0 bridgehead atoms. The fraction of sp³-hybridized carbons (Fsp3) is 0. The molecule has 1 aliphatic heterocycles. The van der Waals surface area contributed by atoms with Crippen LogP contribution in [0.15, 0.2) is 23.3 Å². The van der Waals surface area contributed by atoms with Crippen LogP contribution in [0.2, 0.25) is 0 Å². The molecule has 7 heteroatoms. The van der Waals surface area contributed by atoms with Crippen LogP contribution in [-0.4, -0.2) is 21.3 Å². The van der Waals surface area contributed by atoms with Crippen molar-refractivity contribution in [3.63, 3.8) is 0 Å². The number of aromatic hydroxyl groups is 1. The molecule has 0 atom stereocenters. The first-order chi connectivity index (χ1) is 8.78. The van der Waals surface area contributed by atoms with Crippen molar-refractivity contribution in [1.29, 1.82) is 0 Å². The first-order valence-corrected chi connectivity index (χ1v) is 6.95. The van der Waals surface area contributed by atoms with Crippen LogP contribution in [-0.2, 0) is 0 Å². The van der Waals surface area contributed by atoms with Crippen molar-refractivity contribution in [3.05, 3.63) is 28.8 Å². The number of anilines is 1. The van der Waals surface area contributed by atoms with Gasteiger partial charge < -0.3 is 8.64 Å². The molecule has 0 spiro atoms. The fourth-order valence-corrected chi connectivity index (χ4v) is 2.79. The van der Waals surface area contributed by atoms with Crippen molar-refractivity contribution in [1.82, 2.24) is 9.97 Å². The number of aromatic nitrogens is 2. The van der Waals surface area contributed by atoms with Crippen LogP contribution in [0.5, 0.6) is 5.88 Å². The van der Waals surface area contributed by atoms with E-state index in [4.69, 9.17) is 0 Å². The number of pyridine rings is 1. The Bertz CT molecular complexity index is 665. The van der Waals surface area contributed by atoms with Gasteiger partial charge in [0.15, 0.2) is 10.9 Å². The van der Waals surface area contributed by atoms with Gasteiger partial charge in [-0.2, -0.15) is 4.98 Å². The van der Waals surface area contributed by atoms with Gasteiger partial charge >= 0.3 is 0 Å². The number of aliphatic imine (C=N–C) groups is 1. The van der Waals surface area contributed by atoms with E-state index in [1.807, 2.05) is 41.1 Å². The van der Waals surface area contributed by atoms with Crippen LogP contribution in [0.1, 0.15) is 10.4 Å². The lowest BCUT2D eigenvalue weighted by Gasteiger charge is -1.96. The number of hydrogen-bond acceptors (Lipinski definition) is 6. The molecule has 2 N–H and O–H groups in total. The smallest absolute Gasteiger partial charge is 0.231 e. The summed E-state index contributed by atoms with van der Waals surface area (Å²) >= 11 is 3.36. The van der Waals surface area contributed by atoms with Gasteiger partial charge in [-0.3, -0.25) is 0 Å². The second-order valence-electron chi connectivity index (χ2n) is 3.53. The number of halogens is 1. The summed E-state index contributed by atoms with van der Waals surface area (Å²) in [6, 6.07) is 3.82. The van der Waals surface area contributed by atoms with Crippen molar-refractivity contribution >= 4 is 63.0 Å². The molecule has 0 saturated heterocycles. The standard InChI is InChI=1S/C11H7IN4OS/c12-16-11-15-10(17)8(18-11)4-6-5-14-9-7(6)2-1-3-13-9/h1-5,17H,(H,15,16). The van der Waals surface area contributed by atoms with E-state index in [0.717, 1.165) is 11.1 Å². The second kappa shape index (κ2) is 4.65. The van der Waals surface area contributed by atoms with Gasteiger partial charge in [0.05, 0.1) is 27.7 Å². The molecule has 3 heterocycles. The highest BCUT2D eigenvalue weighted by molar-refractivity contribution is 14.1. The lowest BCUT2D eigenvalue weighted by molar-refractivity contribution is 0.457. The molecule has 0 amide bonds. The third-order valence-electron chi connectivity index (χ3n) is 2.43. The maximum atomic E-state index is 9.72. The largest absolute Gasteiger partial charge is 0.492 e. The number of thiazole rings is 1. The van der Waals surface area contributed by atoms with E-state index in [1.165, 1.54) is 11.3 Å². The van der Waals surface area contributed by atoms with E-state index < -0.39 is 0 Å². The zero-order chi connectivity index (χ0) is 12.5. The quantitative estimate of drug-likeness (QED) is 0.629. The Labute approximate surface area is 121 Å². The van der Waals surface area contributed by atoms with Gasteiger partial charge in [0.2, 0.25) is 5.88 Å². The van der Waals surface area contributed by atoms with E-state index in [0.29, 0.717) is 15.8 Å². The van der Waals surface area contributed by atoms with E-state index in [-0.39, 0.29) is 5.88 Å². The molecule has 0 fully saturated rings. The summed E-state index contributed by atoms with van der Waals surface area (Å²) in [6.45, 7) is 0. The van der Waals surface area contributed by atoms with Gasteiger partial charge in [0.1, 0.15) is 0 Å². The molecular formula is C11H7IN4OS. The van der Waals surface area contributed by atoms with Gasteiger partial charge in [0.25, 0.3) is 0 Å². The SMILES string of the molecule is Oc1nc(NI)sc1C=C1C=Nc2ncccc21. The Balaban J connectivity index is 2.03. The molecule has 5 nitrogen and oxygen atoms in total. The molecule has 1 aliphatic rings. The third kappa shape index (κ3) is 1.99. The summed E-state index contributed by atoms with van der Waals surface area (Å²) in [7, 11) is 0. The minimum atomic E-state index is 0.0254. The number of fused-ring (bicyclic) bond motifs is 1. The molecule has 2 aromatic heterocycles. The Morgan fingerprint density at radius 1 is 1.44 bits per heavy atom. The first-order valence-electron chi connectivity index (χ1n) is 5.05. The van der Waals surface area contributed by atoms with E-state index in [2.05, 4.69) is 18.5 Å². The van der Waals surface area contributed by atoms with Gasteiger partial charge in [-0.05, 0) is 18.2 Å². The Kier molecular flexibility index (Phi) is 3.00. The summed E-state index contributed by atoms with van der Waals surface area (Å²) in [5.74, 6) is 0.734. The number of nitrogens with one attached hydrogen (secondary N) is 1. The predicted molar refractivity (Wildman–Crippen MR) is 81.7 cm³/mol. The number of nitrogens with zero attached hydrogens (tertiary/aromatic N) is 3. The normalized spacial score (nSPS) is 15.1. The molecule has 0 unspecified atom stereocenters. The Morgan fingerprint density at radius 3 is 3.11 bits per heavy atom. The van der Waals surface area contributed by atoms with Gasteiger partial charge in [-0.15, -0.1) is 0 Å². The third-order valence-corrected chi connectivity index (χ3v) is 4.21. The highest BCUT2D eigenvalue weighted by Crippen LogP contribution is 2.35. The fourth-order valence-electron chi connectivity index (χ4n) is 1.64. The average Bonchev–Trinajstić information content (AvgIpc) is 2.95. The average molecular weight is 370 g/mol. The van der Waals surface area contributed by atoms with E-state index in [1.54, 1.807) is 12.4 Å². The highest BCUT2D eigenvalue weighted by atomic mass is 127. The van der Waals surface area contributed by atoms with Gasteiger partial charge in [-0.25, -0.2) is 9.98 Å². The minimum Gasteiger partial charge on any atom is -0.492 e. The van der Waals surface area contributed by atoms with Crippen molar-refractivity contribution in [2.45, 2.75) is 0 Å². The lowest BCUT2D eigenvalue weighted by Crippen LogP contribution is -1.80. The topological polar surface area (TPSA) is 70.4 Å². The van der Waals surface area contributed by atoms with Gasteiger partial charge in [-0.1, -0.05) is 11.3 Å². The molecule has 18 heavy (non-hydrogen) atoms. The zero-order valence-corrected chi connectivity index (χ0v) is 11.9. The zero-order valence-electron chi connectivity index (χ0n) is 8.96. The highest BCUT2D eigenvalue weighted by Gasteiger charge is 2.14.